The molecule has 4 amide bonds. The highest BCUT2D eigenvalue weighted by Crippen LogP contribution is 1.90. The van der Waals surface area contributed by atoms with Crippen LogP contribution in [0.15, 0.2) is 0 Å². The summed E-state index contributed by atoms with van der Waals surface area (Å²) in [5, 5.41) is 7.16. The van der Waals surface area contributed by atoms with E-state index in [4.69, 9.17) is 11.5 Å². The fourth-order valence-electron chi connectivity index (χ4n) is 1.22. The van der Waals surface area contributed by atoms with Crippen LogP contribution < -0.4 is 27.4 Å². The van der Waals surface area contributed by atoms with E-state index in [-0.39, 0.29) is 0 Å². The Labute approximate surface area is 123 Å². The maximum Gasteiger partial charge on any atom is 0.242 e. The van der Waals surface area contributed by atoms with E-state index in [0.29, 0.717) is 0 Å². The fraction of sp³-hybridized carbons (Fsp3) is 0.667. The van der Waals surface area contributed by atoms with Crippen molar-refractivity contribution in [1.82, 2.24) is 16.0 Å². The number of nitrogens with two attached hydrogens (primary N) is 2. The van der Waals surface area contributed by atoms with Gasteiger partial charge in [0.05, 0.1) is 6.04 Å². The normalized spacial score (nSPS) is 16.0. The molecular formula is C12H23N5O4. The van der Waals surface area contributed by atoms with Gasteiger partial charge >= 0.3 is 0 Å². The molecule has 4 atom stereocenters. The lowest BCUT2D eigenvalue weighted by molar-refractivity contribution is -0.132. The minimum Gasteiger partial charge on any atom is -0.368 e. The first-order chi connectivity index (χ1) is 9.56. The minimum atomic E-state index is -0.881. The van der Waals surface area contributed by atoms with Gasteiger partial charge in [-0.25, -0.2) is 0 Å². The molecule has 0 spiro atoms. The number of nitrogens with one attached hydrogen (secondary N) is 3. The first-order valence-electron chi connectivity index (χ1n) is 6.52. The number of primary amides is 1. The Morgan fingerprint density at radius 2 is 1.05 bits per heavy atom. The monoisotopic (exact) mass is 301 g/mol. The molecule has 0 aliphatic carbocycles. The molecule has 0 saturated carbocycles. The van der Waals surface area contributed by atoms with E-state index < -0.39 is 47.8 Å². The summed E-state index contributed by atoms with van der Waals surface area (Å²) >= 11 is 0. The predicted molar refractivity (Wildman–Crippen MR) is 75.7 cm³/mol. The highest BCUT2D eigenvalue weighted by Gasteiger charge is 2.23. The molecule has 120 valence electrons. The van der Waals surface area contributed by atoms with E-state index in [0.717, 1.165) is 0 Å². The molecule has 0 aliphatic heterocycles. The Hall–Kier alpha value is -2.16. The Morgan fingerprint density at radius 1 is 0.714 bits per heavy atom. The molecule has 21 heavy (non-hydrogen) atoms. The van der Waals surface area contributed by atoms with E-state index >= 15 is 0 Å². The summed E-state index contributed by atoms with van der Waals surface area (Å²) in [5.41, 5.74) is 10.4. The molecule has 0 rings (SSSR count). The quantitative estimate of drug-likeness (QED) is 0.347. The third-order valence-corrected chi connectivity index (χ3v) is 2.70. The summed E-state index contributed by atoms with van der Waals surface area (Å²) in [7, 11) is 0. The summed E-state index contributed by atoms with van der Waals surface area (Å²) in [4.78, 5) is 45.7. The zero-order valence-corrected chi connectivity index (χ0v) is 12.6. The van der Waals surface area contributed by atoms with Crippen LogP contribution in [0.3, 0.4) is 0 Å². The molecule has 0 aromatic carbocycles. The van der Waals surface area contributed by atoms with Crippen LogP contribution in [-0.4, -0.2) is 47.8 Å². The number of carbonyl (C=O) groups is 4. The van der Waals surface area contributed by atoms with Gasteiger partial charge in [-0.3, -0.25) is 19.2 Å². The number of carbonyl (C=O) groups excluding carboxylic acids is 4. The molecule has 0 unspecified atom stereocenters. The van der Waals surface area contributed by atoms with Crippen LogP contribution in [0.25, 0.3) is 0 Å². The molecule has 7 N–H and O–H groups in total. The molecular weight excluding hydrogens is 278 g/mol. The van der Waals surface area contributed by atoms with Gasteiger partial charge in [-0.15, -0.1) is 0 Å². The number of hydrogen-bond acceptors (Lipinski definition) is 5. The average molecular weight is 301 g/mol. The van der Waals surface area contributed by atoms with E-state index in [1.165, 1.54) is 27.7 Å². The second-order valence-corrected chi connectivity index (χ2v) is 4.88. The van der Waals surface area contributed by atoms with Crippen molar-refractivity contribution in [1.29, 1.82) is 0 Å². The van der Waals surface area contributed by atoms with Crippen molar-refractivity contribution < 1.29 is 19.2 Å². The van der Waals surface area contributed by atoms with Crippen LogP contribution in [0.4, 0.5) is 0 Å². The Kier molecular flexibility index (Phi) is 7.36. The van der Waals surface area contributed by atoms with Crippen molar-refractivity contribution >= 4 is 23.6 Å². The third kappa shape index (κ3) is 6.70. The molecule has 0 heterocycles. The molecule has 9 nitrogen and oxygen atoms in total. The van der Waals surface area contributed by atoms with E-state index in [1.807, 2.05) is 0 Å². The molecule has 0 bridgehead atoms. The number of hydrogen-bond donors (Lipinski definition) is 5. The van der Waals surface area contributed by atoms with Crippen LogP contribution in [0, 0.1) is 0 Å². The van der Waals surface area contributed by atoms with E-state index in [9.17, 15) is 19.2 Å². The van der Waals surface area contributed by atoms with Gasteiger partial charge in [0.15, 0.2) is 0 Å². The molecule has 0 fully saturated rings. The van der Waals surface area contributed by atoms with E-state index in [1.54, 1.807) is 0 Å². The number of amides is 4. The Morgan fingerprint density at radius 3 is 1.38 bits per heavy atom. The zero-order valence-electron chi connectivity index (χ0n) is 12.6. The van der Waals surface area contributed by atoms with Crippen molar-refractivity contribution in [3.63, 3.8) is 0 Å². The van der Waals surface area contributed by atoms with Crippen LogP contribution in [0.2, 0.25) is 0 Å². The van der Waals surface area contributed by atoms with Gasteiger partial charge in [0.1, 0.15) is 18.1 Å². The predicted octanol–water partition coefficient (Wildman–Crippen LogP) is -2.67. The van der Waals surface area contributed by atoms with Gasteiger partial charge in [0, 0.05) is 0 Å². The maximum atomic E-state index is 11.8. The van der Waals surface area contributed by atoms with Gasteiger partial charge in [-0.05, 0) is 27.7 Å². The second-order valence-electron chi connectivity index (χ2n) is 4.88. The summed E-state index contributed by atoms with van der Waals surface area (Å²) in [6.45, 7) is 5.83. The average Bonchev–Trinajstić information content (AvgIpc) is 2.37. The van der Waals surface area contributed by atoms with E-state index in [2.05, 4.69) is 16.0 Å². The summed E-state index contributed by atoms with van der Waals surface area (Å²) in [6.07, 6.45) is 0. The molecule has 0 aliphatic rings. The highest BCUT2D eigenvalue weighted by atomic mass is 16.2. The summed E-state index contributed by atoms with van der Waals surface area (Å²) in [6, 6.07) is -3.30. The topological polar surface area (TPSA) is 156 Å². The van der Waals surface area contributed by atoms with Gasteiger partial charge in [0.25, 0.3) is 0 Å². The first kappa shape index (κ1) is 18.8. The lowest BCUT2D eigenvalue weighted by Gasteiger charge is -2.20. The van der Waals surface area contributed by atoms with Gasteiger partial charge < -0.3 is 27.4 Å². The summed E-state index contributed by atoms with van der Waals surface area (Å²) < 4.78 is 0. The highest BCUT2D eigenvalue weighted by molar-refractivity contribution is 5.93. The SMILES string of the molecule is C[C@H](N)C(=O)N[C@@H](C)C(=O)N[C@@H](C)C(=O)N[C@@H](C)C(N)=O. The molecule has 0 aromatic heterocycles. The Balaban J connectivity index is 4.40. The lowest BCUT2D eigenvalue weighted by atomic mass is 10.2. The van der Waals surface area contributed by atoms with Crippen LogP contribution in [0.5, 0.6) is 0 Å². The first-order valence-corrected chi connectivity index (χ1v) is 6.52. The minimum absolute atomic E-state index is 0.475. The van der Waals surface area contributed by atoms with Gasteiger partial charge in [0.2, 0.25) is 23.6 Å². The van der Waals surface area contributed by atoms with Crippen LogP contribution in [-0.2, 0) is 19.2 Å². The van der Waals surface area contributed by atoms with Crippen molar-refractivity contribution in [2.24, 2.45) is 11.5 Å². The van der Waals surface area contributed by atoms with Crippen molar-refractivity contribution in [2.45, 2.75) is 51.9 Å². The summed E-state index contributed by atoms with van der Waals surface area (Å²) in [5.74, 6) is -2.25. The van der Waals surface area contributed by atoms with Crippen molar-refractivity contribution in [3.05, 3.63) is 0 Å². The Bertz CT molecular complexity index is 424. The van der Waals surface area contributed by atoms with Gasteiger partial charge in [-0.1, -0.05) is 0 Å². The standard InChI is InChI=1S/C12H23N5O4/c1-5(13)10(19)16-7(3)12(21)17-8(4)11(20)15-6(2)9(14)18/h5-8H,13H2,1-4H3,(H2,14,18)(H,15,20)(H,16,19)(H,17,21)/t5-,6-,7-,8-/m0/s1. The second kappa shape index (κ2) is 8.20. The number of rotatable bonds is 7. The molecule has 0 radical (unpaired) electrons. The fourth-order valence-corrected chi connectivity index (χ4v) is 1.22. The van der Waals surface area contributed by atoms with Crippen LogP contribution in [0.1, 0.15) is 27.7 Å². The smallest absolute Gasteiger partial charge is 0.242 e. The molecule has 9 heteroatoms. The van der Waals surface area contributed by atoms with Gasteiger partial charge in [-0.2, -0.15) is 0 Å². The lowest BCUT2D eigenvalue weighted by Crippen LogP contribution is -2.55. The van der Waals surface area contributed by atoms with Crippen molar-refractivity contribution in [3.8, 4) is 0 Å². The zero-order chi connectivity index (χ0) is 16.7. The largest absolute Gasteiger partial charge is 0.368 e. The molecule has 0 aromatic rings. The van der Waals surface area contributed by atoms with Crippen molar-refractivity contribution in [2.75, 3.05) is 0 Å². The van der Waals surface area contributed by atoms with Crippen LogP contribution >= 0.6 is 0 Å². The maximum absolute atomic E-state index is 11.8. The molecule has 0 saturated heterocycles. The third-order valence-electron chi connectivity index (χ3n) is 2.70.